The summed E-state index contributed by atoms with van der Waals surface area (Å²) in [5, 5.41) is 0. The lowest BCUT2D eigenvalue weighted by Crippen LogP contribution is -2.15. The molecule has 0 aliphatic rings. The molecule has 2 N–H and O–H groups in total. The third kappa shape index (κ3) is 4.73. The van der Waals surface area contributed by atoms with Crippen molar-refractivity contribution >= 4 is 0 Å². The highest BCUT2D eigenvalue weighted by Crippen LogP contribution is 2.32. The van der Waals surface area contributed by atoms with Crippen molar-refractivity contribution in [2.75, 3.05) is 19.8 Å². The molecule has 1 atom stereocenters. The van der Waals surface area contributed by atoms with Gasteiger partial charge in [0.15, 0.2) is 11.5 Å². The summed E-state index contributed by atoms with van der Waals surface area (Å²) < 4.78 is 11.4. The van der Waals surface area contributed by atoms with Crippen LogP contribution in [0.25, 0.3) is 0 Å². The molecule has 0 heterocycles. The number of ether oxygens (including phenoxy) is 2. The summed E-state index contributed by atoms with van der Waals surface area (Å²) in [5.41, 5.74) is 9.82. The van der Waals surface area contributed by atoms with E-state index in [1.54, 1.807) is 0 Å². The molecule has 0 saturated heterocycles. The average Bonchev–Trinajstić information content (AvgIpc) is 2.55. The first-order valence-corrected chi connectivity index (χ1v) is 8.33. The van der Waals surface area contributed by atoms with Gasteiger partial charge in [-0.05, 0) is 57.0 Å². The molecule has 3 nitrogen and oxygen atoms in total. The average molecular weight is 313 g/mol. The molecular formula is C20H27NO2. The Morgan fingerprint density at radius 2 is 1.70 bits per heavy atom. The SMILES string of the molecule is CCOc1ccc(C(CN)Cc2cccc(C)c2)cc1OCC. The minimum absolute atomic E-state index is 0.270. The van der Waals surface area contributed by atoms with Crippen LogP contribution in [0.4, 0.5) is 0 Å². The highest BCUT2D eigenvalue weighted by atomic mass is 16.5. The maximum Gasteiger partial charge on any atom is 0.161 e. The molecule has 1 unspecified atom stereocenters. The number of rotatable bonds is 8. The van der Waals surface area contributed by atoms with E-state index in [4.69, 9.17) is 15.2 Å². The van der Waals surface area contributed by atoms with E-state index in [1.807, 2.05) is 19.9 Å². The second-order valence-electron chi connectivity index (χ2n) is 5.70. The van der Waals surface area contributed by atoms with Crippen molar-refractivity contribution in [3.63, 3.8) is 0 Å². The van der Waals surface area contributed by atoms with Crippen LogP contribution in [0.15, 0.2) is 42.5 Å². The molecule has 0 amide bonds. The summed E-state index contributed by atoms with van der Waals surface area (Å²) in [6.45, 7) is 7.93. The molecule has 0 spiro atoms. The van der Waals surface area contributed by atoms with Crippen LogP contribution in [0, 0.1) is 6.92 Å². The number of hydrogen-bond acceptors (Lipinski definition) is 3. The molecule has 0 bridgehead atoms. The van der Waals surface area contributed by atoms with Gasteiger partial charge in [-0.15, -0.1) is 0 Å². The van der Waals surface area contributed by atoms with Crippen LogP contribution in [-0.4, -0.2) is 19.8 Å². The highest BCUT2D eigenvalue weighted by Gasteiger charge is 2.14. The molecular weight excluding hydrogens is 286 g/mol. The zero-order valence-corrected chi connectivity index (χ0v) is 14.3. The van der Waals surface area contributed by atoms with E-state index < -0.39 is 0 Å². The molecule has 0 aliphatic carbocycles. The van der Waals surface area contributed by atoms with E-state index in [1.165, 1.54) is 16.7 Å². The Morgan fingerprint density at radius 1 is 0.957 bits per heavy atom. The lowest BCUT2D eigenvalue weighted by Gasteiger charge is -2.18. The topological polar surface area (TPSA) is 44.5 Å². The Labute approximate surface area is 139 Å². The molecule has 0 aliphatic heterocycles. The van der Waals surface area contributed by atoms with Crippen LogP contribution in [0.2, 0.25) is 0 Å². The van der Waals surface area contributed by atoms with E-state index in [0.717, 1.165) is 17.9 Å². The van der Waals surface area contributed by atoms with E-state index in [0.29, 0.717) is 19.8 Å². The van der Waals surface area contributed by atoms with Crippen molar-refractivity contribution in [1.82, 2.24) is 0 Å². The van der Waals surface area contributed by atoms with Crippen LogP contribution >= 0.6 is 0 Å². The van der Waals surface area contributed by atoms with Gasteiger partial charge in [0.1, 0.15) is 0 Å². The normalized spacial score (nSPS) is 12.0. The fraction of sp³-hybridized carbons (Fsp3) is 0.400. The molecule has 2 aromatic carbocycles. The zero-order chi connectivity index (χ0) is 16.7. The first-order valence-electron chi connectivity index (χ1n) is 8.33. The van der Waals surface area contributed by atoms with Crippen LogP contribution in [-0.2, 0) is 6.42 Å². The minimum Gasteiger partial charge on any atom is -0.490 e. The van der Waals surface area contributed by atoms with Crippen molar-refractivity contribution in [2.24, 2.45) is 5.73 Å². The van der Waals surface area contributed by atoms with Crippen molar-refractivity contribution in [1.29, 1.82) is 0 Å². The van der Waals surface area contributed by atoms with Gasteiger partial charge in [0.25, 0.3) is 0 Å². The summed E-state index contributed by atoms with van der Waals surface area (Å²) in [6.07, 6.45) is 0.928. The summed E-state index contributed by atoms with van der Waals surface area (Å²) in [6, 6.07) is 14.8. The Balaban J connectivity index is 2.24. The Hall–Kier alpha value is -2.00. The summed E-state index contributed by atoms with van der Waals surface area (Å²) in [7, 11) is 0. The van der Waals surface area contributed by atoms with Crippen molar-refractivity contribution in [3.05, 3.63) is 59.2 Å². The van der Waals surface area contributed by atoms with Crippen LogP contribution in [0.1, 0.15) is 36.5 Å². The minimum atomic E-state index is 0.270. The predicted molar refractivity (Wildman–Crippen MR) is 95.5 cm³/mol. The third-order valence-corrected chi connectivity index (χ3v) is 3.89. The van der Waals surface area contributed by atoms with Gasteiger partial charge in [-0.2, -0.15) is 0 Å². The fourth-order valence-electron chi connectivity index (χ4n) is 2.78. The maximum absolute atomic E-state index is 6.04. The first-order chi connectivity index (χ1) is 11.2. The second-order valence-corrected chi connectivity index (χ2v) is 5.70. The van der Waals surface area contributed by atoms with Crippen LogP contribution in [0.3, 0.4) is 0 Å². The number of hydrogen-bond donors (Lipinski definition) is 1. The summed E-state index contributed by atoms with van der Waals surface area (Å²) >= 11 is 0. The monoisotopic (exact) mass is 313 g/mol. The third-order valence-electron chi connectivity index (χ3n) is 3.89. The molecule has 23 heavy (non-hydrogen) atoms. The van der Waals surface area contributed by atoms with E-state index in [-0.39, 0.29) is 5.92 Å². The van der Waals surface area contributed by atoms with Crippen LogP contribution in [0.5, 0.6) is 11.5 Å². The molecule has 0 aromatic heterocycles. The smallest absolute Gasteiger partial charge is 0.161 e. The number of aryl methyl sites for hydroxylation is 1. The Morgan fingerprint density at radius 3 is 2.35 bits per heavy atom. The van der Waals surface area contributed by atoms with Gasteiger partial charge < -0.3 is 15.2 Å². The standard InChI is InChI=1S/C20H27NO2/c1-4-22-19-10-9-17(13-20(19)23-5-2)18(14-21)12-16-8-6-7-15(3)11-16/h6-11,13,18H,4-5,12,14,21H2,1-3H3. The van der Waals surface area contributed by atoms with E-state index in [2.05, 4.69) is 43.3 Å². The second kappa shape index (κ2) is 8.59. The first kappa shape index (κ1) is 17.4. The van der Waals surface area contributed by atoms with Crippen molar-refractivity contribution in [3.8, 4) is 11.5 Å². The molecule has 2 aromatic rings. The van der Waals surface area contributed by atoms with Gasteiger partial charge >= 0.3 is 0 Å². The van der Waals surface area contributed by atoms with E-state index >= 15 is 0 Å². The zero-order valence-electron chi connectivity index (χ0n) is 14.3. The molecule has 0 radical (unpaired) electrons. The summed E-state index contributed by atoms with van der Waals surface area (Å²) in [4.78, 5) is 0. The number of benzene rings is 2. The molecule has 3 heteroatoms. The Bertz CT molecular complexity index is 625. The lowest BCUT2D eigenvalue weighted by atomic mass is 9.91. The highest BCUT2D eigenvalue weighted by molar-refractivity contribution is 5.44. The fourth-order valence-corrected chi connectivity index (χ4v) is 2.78. The Kier molecular flexibility index (Phi) is 6.48. The van der Waals surface area contributed by atoms with Crippen LogP contribution < -0.4 is 15.2 Å². The number of nitrogens with two attached hydrogens (primary N) is 1. The summed E-state index contributed by atoms with van der Waals surface area (Å²) in [5.74, 6) is 1.87. The predicted octanol–water partition coefficient (Wildman–Crippen LogP) is 4.08. The van der Waals surface area contributed by atoms with Gasteiger partial charge in [0.2, 0.25) is 0 Å². The van der Waals surface area contributed by atoms with Gasteiger partial charge in [-0.3, -0.25) is 0 Å². The quantitative estimate of drug-likeness (QED) is 0.798. The largest absolute Gasteiger partial charge is 0.490 e. The van der Waals surface area contributed by atoms with Gasteiger partial charge in [-0.1, -0.05) is 35.9 Å². The van der Waals surface area contributed by atoms with Crippen molar-refractivity contribution < 1.29 is 9.47 Å². The molecule has 124 valence electrons. The lowest BCUT2D eigenvalue weighted by molar-refractivity contribution is 0.287. The van der Waals surface area contributed by atoms with E-state index in [9.17, 15) is 0 Å². The van der Waals surface area contributed by atoms with Gasteiger partial charge in [-0.25, -0.2) is 0 Å². The molecule has 2 rings (SSSR count). The van der Waals surface area contributed by atoms with Crippen molar-refractivity contribution in [2.45, 2.75) is 33.1 Å². The molecule has 0 fully saturated rings. The van der Waals surface area contributed by atoms with Gasteiger partial charge in [0.05, 0.1) is 13.2 Å². The van der Waals surface area contributed by atoms with Gasteiger partial charge in [0, 0.05) is 5.92 Å². The maximum atomic E-state index is 6.04. The molecule has 0 saturated carbocycles.